The van der Waals surface area contributed by atoms with E-state index in [1.165, 1.54) is 0 Å². The topological polar surface area (TPSA) is 21.3 Å². The minimum Gasteiger partial charge on any atom is -0.496 e. The molecule has 2 aromatic carbocycles. The van der Waals surface area contributed by atoms with E-state index in [0.29, 0.717) is 0 Å². The first-order valence-electron chi connectivity index (χ1n) is 6.02. The van der Waals surface area contributed by atoms with E-state index in [0.717, 1.165) is 30.8 Å². The third kappa shape index (κ3) is 3.37. The van der Waals surface area contributed by atoms with Gasteiger partial charge in [0.15, 0.2) is 0 Å². The summed E-state index contributed by atoms with van der Waals surface area (Å²) in [7, 11) is 3.57. The van der Waals surface area contributed by atoms with Crippen molar-refractivity contribution < 1.29 is 4.74 Å². The molecule has 0 saturated heterocycles. The van der Waals surface area contributed by atoms with Crippen molar-refractivity contribution in [1.82, 2.24) is 5.32 Å². The van der Waals surface area contributed by atoms with Gasteiger partial charge in [-0.3, -0.25) is 0 Å². The van der Waals surface area contributed by atoms with Gasteiger partial charge in [-0.1, -0.05) is 39.7 Å². The lowest BCUT2D eigenvalue weighted by atomic mass is 9.99. The number of hydrogen-bond acceptors (Lipinski definition) is 2. The highest BCUT2D eigenvalue weighted by Gasteiger charge is 2.16. The quantitative estimate of drug-likeness (QED) is 0.737. The molecule has 0 aromatic heterocycles. The van der Waals surface area contributed by atoms with Gasteiger partial charge in [0, 0.05) is 9.50 Å². The Labute approximate surface area is 140 Å². The molecule has 0 saturated carbocycles. The molecule has 0 aliphatic rings. The molecule has 0 aliphatic carbocycles. The second-order valence-corrected chi connectivity index (χ2v) is 6.46. The maximum Gasteiger partial charge on any atom is 0.133 e. The number of methoxy groups -OCH3 is 1. The van der Waals surface area contributed by atoms with E-state index >= 15 is 0 Å². The van der Waals surface area contributed by atoms with E-state index in [-0.39, 0.29) is 6.04 Å². The first-order valence-corrected chi connectivity index (χ1v) is 7.99. The predicted octanol–water partition coefficient (Wildman–Crippen LogP) is 5.18. The lowest BCUT2D eigenvalue weighted by Gasteiger charge is -2.19. The van der Waals surface area contributed by atoms with Crippen molar-refractivity contribution in [2.45, 2.75) is 6.04 Å². The SMILES string of the molecule is CNC(c1ccc(OC)c(Br)c1)c1ccc(Br)cc1Cl. The molecule has 106 valence electrons. The van der Waals surface area contributed by atoms with E-state index in [1.54, 1.807) is 7.11 Å². The normalized spacial score (nSPS) is 12.2. The average Bonchev–Trinajstić information content (AvgIpc) is 2.42. The molecule has 2 rings (SSSR count). The Bertz CT molecular complexity index is 619. The van der Waals surface area contributed by atoms with Gasteiger partial charge in [0.1, 0.15) is 5.75 Å². The maximum absolute atomic E-state index is 6.34. The van der Waals surface area contributed by atoms with Gasteiger partial charge in [-0.05, 0) is 58.4 Å². The van der Waals surface area contributed by atoms with E-state index in [1.807, 2.05) is 43.4 Å². The van der Waals surface area contributed by atoms with E-state index in [4.69, 9.17) is 16.3 Å². The van der Waals surface area contributed by atoms with Crippen molar-refractivity contribution >= 4 is 43.5 Å². The fourth-order valence-corrected chi connectivity index (χ4v) is 3.44. The molecular weight excluding hydrogens is 405 g/mol. The highest BCUT2D eigenvalue weighted by Crippen LogP contribution is 2.34. The number of halogens is 3. The van der Waals surface area contributed by atoms with Crippen molar-refractivity contribution in [2.24, 2.45) is 0 Å². The lowest BCUT2D eigenvalue weighted by molar-refractivity contribution is 0.412. The van der Waals surface area contributed by atoms with Crippen LogP contribution in [0.2, 0.25) is 5.02 Å². The number of benzene rings is 2. The van der Waals surface area contributed by atoms with Crippen LogP contribution in [-0.4, -0.2) is 14.2 Å². The van der Waals surface area contributed by atoms with Crippen LogP contribution in [-0.2, 0) is 0 Å². The Morgan fingerprint density at radius 3 is 2.45 bits per heavy atom. The van der Waals surface area contributed by atoms with Crippen LogP contribution in [0.5, 0.6) is 5.75 Å². The third-order valence-electron chi connectivity index (χ3n) is 3.07. The van der Waals surface area contributed by atoms with Gasteiger partial charge >= 0.3 is 0 Å². The van der Waals surface area contributed by atoms with Crippen molar-refractivity contribution in [2.75, 3.05) is 14.2 Å². The molecule has 5 heteroatoms. The summed E-state index contributed by atoms with van der Waals surface area (Å²) in [5.74, 6) is 0.811. The Morgan fingerprint density at radius 2 is 1.90 bits per heavy atom. The first-order chi connectivity index (χ1) is 9.56. The van der Waals surface area contributed by atoms with Crippen molar-refractivity contribution in [3.63, 3.8) is 0 Å². The Morgan fingerprint density at radius 1 is 1.15 bits per heavy atom. The average molecular weight is 420 g/mol. The predicted molar refractivity (Wildman–Crippen MR) is 90.7 cm³/mol. The number of nitrogens with one attached hydrogen (secondary N) is 1. The Balaban J connectivity index is 2.44. The smallest absolute Gasteiger partial charge is 0.133 e. The minimum absolute atomic E-state index is 0.0257. The molecule has 0 bridgehead atoms. The van der Waals surface area contributed by atoms with Crippen molar-refractivity contribution in [3.8, 4) is 5.75 Å². The summed E-state index contributed by atoms with van der Waals surface area (Å²) in [5.41, 5.74) is 2.15. The van der Waals surface area contributed by atoms with Gasteiger partial charge < -0.3 is 10.1 Å². The largest absolute Gasteiger partial charge is 0.496 e. The van der Waals surface area contributed by atoms with Crippen LogP contribution in [0.4, 0.5) is 0 Å². The molecule has 1 atom stereocenters. The zero-order chi connectivity index (χ0) is 14.7. The summed E-state index contributed by atoms with van der Waals surface area (Å²) >= 11 is 13.3. The molecular formula is C15H14Br2ClNO. The highest BCUT2D eigenvalue weighted by atomic mass is 79.9. The van der Waals surface area contributed by atoms with E-state index in [9.17, 15) is 0 Å². The molecule has 0 fully saturated rings. The van der Waals surface area contributed by atoms with Crippen LogP contribution in [0, 0.1) is 0 Å². The van der Waals surface area contributed by atoms with Gasteiger partial charge in [0.2, 0.25) is 0 Å². The van der Waals surface area contributed by atoms with Crippen LogP contribution in [0.25, 0.3) is 0 Å². The molecule has 2 nitrogen and oxygen atoms in total. The lowest BCUT2D eigenvalue weighted by Crippen LogP contribution is -2.18. The van der Waals surface area contributed by atoms with Gasteiger partial charge in [-0.15, -0.1) is 0 Å². The molecule has 0 amide bonds. The third-order valence-corrected chi connectivity index (χ3v) is 4.51. The number of ether oxygens (including phenoxy) is 1. The monoisotopic (exact) mass is 417 g/mol. The van der Waals surface area contributed by atoms with E-state index in [2.05, 4.69) is 37.2 Å². The summed E-state index contributed by atoms with van der Waals surface area (Å²) < 4.78 is 7.15. The molecule has 0 spiro atoms. The number of hydrogen-bond donors (Lipinski definition) is 1. The van der Waals surface area contributed by atoms with Crippen LogP contribution in [0.1, 0.15) is 17.2 Å². The van der Waals surface area contributed by atoms with Crippen molar-refractivity contribution in [3.05, 3.63) is 61.5 Å². The van der Waals surface area contributed by atoms with Gasteiger partial charge in [0.25, 0.3) is 0 Å². The van der Waals surface area contributed by atoms with Gasteiger partial charge in [0.05, 0.1) is 17.6 Å². The van der Waals surface area contributed by atoms with Crippen LogP contribution >= 0.6 is 43.5 Å². The zero-order valence-electron chi connectivity index (χ0n) is 11.1. The zero-order valence-corrected chi connectivity index (χ0v) is 15.0. The highest BCUT2D eigenvalue weighted by molar-refractivity contribution is 9.10. The summed E-state index contributed by atoms with van der Waals surface area (Å²) in [6.07, 6.45) is 0. The minimum atomic E-state index is 0.0257. The van der Waals surface area contributed by atoms with Gasteiger partial charge in [-0.25, -0.2) is 0 Å². The van der Waals surface area contributed by atoms with E-state index < -0.39 is 0 Å². The molecule has 1 unspecified atom stereocenters. The second-order valence-electron chi connectivity index (χ2n) is 4.28. The summed E-state index contributed by atoms with van der Waals surface area (Å²) in [6.45, 7) is 0. The molecule has 0 radical (unpaired) electrons. The fourth-order valence-electron chi connectivity index (χ4n) is 2.10. The molecule has 1 N–H and O–H groups in total. The maximum atomic E-state index is 6.34. The van der Waals surface area contributed by atoms with Crippen LogP contribution in [0.3, 0.4) is 0 Å². The summed E-state index contributed by atoms with van der Waals surface area (Å²) in [6, 6.07) is 12.0. The summed E-state index contributed by atoms with van der Waals surface area (Å²) in [4.78, 5) is 0. The fraction of sp³-hybridized carbons (Fsp3) is 0.200. The van der Waals surface area contributed by atoms with Crippen LogP contribution < -0.4 is 10.1 Å². The standard InChI is InChI=1S/C15H14Br2ClNO/c1-19-15(11-5-4-10(16)8-13(11)18)9-3-6-14(20-2)12(17)7-9/h3-8,15,19H,1-2H3. The molecule has 2 aromatic rings. The second kappa shape index (κ2) is 6.94. The molecule has 0 heterocycles. The van der Waals surface area contributed by atoms with Crippen LogP contribution in [0.15, 0.2) is 45.3 Å². The Hall–Kier alpha value is -0.550. The molecule has 0 aliphatic heterocycles. The van der Waals surface area contributed by atoms with Gasteiger partial charge in [-0.2, -0.15) is 0 Å². The van der Waals surface area contributed by atoms with Crippen molar-refractivity contribution in [1.29, 1.82) is 0 Å². The number of rotatable bonds is 4. The first kappa shape index (κ1) is 15.8. The Kier molecular flexibility index (Phi) is 5.49. The molecule has 20 heavy (non-hydrogen) atoms. The summed E-state index contributed by atoms with van der Waals surface area (Å²) in [5, 5.41) is 4.03.